The summed E-state index contributed by atoms with van der Waals surface area (Å²) < 4.78 is 39.4. The van der Waals surface area contributed by atoms with E-state index in [4.69, 9.17) is 5.73 Å². The fourth-order valence-corrected chi connectivity index (χ4v) is 2.70. The van der Waals surface area contributed by atoms with Crippen LogP contribution in [0.2, 0.25) is 0 Å². The summed E-state index contributed by atoms with van der Waals surface area (Å²) in [5, 5.41) is 0. The zero-order valence-electron chi connectivity index (χ0n) is 10.3. The second-order valence-corrected chi connectivity index (χ2v) is 5.10. The van der Waals surface area contributed by atoms with Crippen molar-refractivity contribution in [3.8, 4) is 0 Å². The van der Waals surface area contributed by atoms with Crippen LogP contribution in [0.15, 0.2) is 12.1 Å². The van der Waals surface area contributed by atoms with Crippen molar-refractivity contribution in [3.63, 3.8) is 0 Å². The zero-order valence-corrected chi connectivity index (χ0v) is 10.3. The van der Waals surface area contributed by atoms with Gasteiger partial charge in [-0.25, -0.2) is 13.2 Å². The summed E-state index contributed by atoms with van der Waals surface area (Å²) in [5.74, 6) is -3.08. The van der Waals surface area contributed by atoms with Crippen molar-refractivity contribution in [2.24, 2.45) is 11.7 Å². The van der Waals surface area contributed by atoms with E-state index in [1.54, 1.807) is 0 Å². The van der Waals surface area contributed by atoms with Crippen LogP contribution in [0.4, 0.5) is 13.2 Å². The quantitative estimate of drug-likeness (QED) is 0.808. The predicted molar refractivity (Wildman–Crippen MR) is 64.4 cm³/mol. The normalized spacial score (nSPS) is 18.2. The molecule has 1 aliphatic rings. The van der Waals surface area contributed by atoms with Gasteiger partial charge in [-0.15, -0.1) is 0 Å². The molecule has 18 heavy (non-hydrogen) atoms. The Kier molecular flexibility index (Phi) is 4.27. The van der Waals surface area contributed by atoms with Gasteiger partial charge in [0.05, 0.1) is 0 Å². The Bertz CT molecular complexity index is 414. The van der Waals surface area contributed by atoms with Gasteiger partial charge in [-0.1, -0.05) is 31.7 Å². The minimum Gasteiger partial charge on any atom is -0.324 e. The maximum absolute atomic E-state index is 13.5. The van der Waals surface area contributed by atoms with E-state index in [0.29, 0.717) is 12.3 Å². The average Bonchev–Trinajstić information content (AvgIpc) is 2.86. The van der Waals surface area contributed by atoms with E-state index in [2.05, 4.69) is 0 Å². The molecule has 4 heteroatoms. The molecule has 1 nitrogen and oxygen atoms in total. The molecule has 1 unspecified atom stereocenters. The monoisotopic (exact) mass is 257 g/mol. The molecule has 1 atom stereocenters. The van der Waals surface area contributed by atoms with Gasteiger partial charge in [0.25, 0.3) is 0 Å². The van der Waals surface area contributed by atoms with E-state index < -0.39 is 23.5 Å². The molecule has 0 saturated heterocycles. The van der Waals surface area contributed by atoms with Crippen molar-refractivity contribution in [1.82, 2.24) is 0 Å². The first kappa shape index (κ1) is 13.4. The molecule has 0 bridgehead atoms. The first-order valence-corrected chi connectivity index (χ1v) is 6.48. The highest BCUT2D eigenvalue weighted by molar-refractivity contribution is 5.23. The van der Waals surface area contributed by atoms with Gasteiger partial charge < -0.3 is 5.73 Å². The Morgan fingerprint density at radius 3 is 2.44 bits per heavy atom. The Labute approximate surface area is 105 Å². The van der Waals surface area contributed by atoms with Gasteiger partial charge in [0, 0.05) is 11.6 Å². The molecule has 1 aliphatic carbocycles. The van der Waals surface area contributed by atoms with Crippen LogP contribution >= 0.6 is 0 Å². The number of halogens is 3. The summed E-state index contributed by atoms with van der Waals surface area (Å²) in [6.07, 6.45) is 6.45. The largest absolute Gasteiger partial charge is 0.324 e. The fraction of sp³-hybridized carbons (Fsp3) is 0.571. The second kappa shape index (κ2) is 5.74. The molecular formula is C14H18F3N. The van der Waals surface area contributed by atoms with Gasteiger partial charge in [-0.2, -0.15) is 0 Å². The molecule has 100 valence electrons. The summed E-state index contributed by atoms with van der Waals surface area (Å²) in [5.41, 5.74) is 5.94. The highest BCUT2D eigenvalue weighted by Gasteiger charge is 2.20. The number of nitrogens with two attached hydrogens (primary N) is 1. The number of hydrogen-bond acceptors (Lipinski definition) is 1. The van der Waals surface area contributed by atoms with Crippen molar-refractivity contribution < 1.29 is 13.2 Å². The molecule has 0 radical (unpaired) electrons. The maximum atomic E-state index is 13.5. The number of rotatable bonds is 4. The third kappa shape index (κ3) is 2.86. The molecule has 2 N–H and O–H groups in total. The predicted octanol–water partition coefficient (Wildman–Crippen LogP) is 4.07. The van der Waals surface area contributed by atoms with Crippen molar-refractivity contribution in [3.05, 3.63) is 35.1 Å². The van der Waals surface area contributed by atoms with Crippen LogP contribution in [0.5, 0.6) is 0 Å². The molecule has 0 heterocycles. The van der Waals surface area contributed by atoms with E-state index in [1.807, 2.05) is 0 Å². The Morgan fingerprint density at radius 2 is 1.78 bits per heavy atom. The summed E-state index contributed by atoms with van der Waals surface area (Å²) in [4.78, 5) is 0. The lowest BCUT2D eigenvalue weighted by molar-refractivity contribution is 0.418. The Hall–Kier alpha value is -1.03. The zero-order chi connectivity index (χ0) is 13.1. The fourth-order valence-electron chi connectivity index (χ4n) is 2.70. The summed E-state index contributed by atoms with van der Waals surface area (Å²) >= 11 is 0. The lowest BCUT2D eigenvalue weighted by Gasteiger charge is -2.16. The minimum absolute atomic E-state index is 0.0758. The highest BCUT2D eigenvalue weighted by atomic mass is 19.2. The summed E-state index contributed by atoms with van der Waals surface area (Å²) in [7, 11) is 0. The molecule has 1 aromatic carbocycles. The molecular weight excluding hydrogens is 239 g/mol. The van der Waals surface area contributed by atoms with Crippen LogP contribution in [-0.4, -0.2) is 0 Å². The smallest absolute Gasteiger partial charge is 0.194 e. The first-order valence-electron chi connectivity index (χ1n) is 6.48. The van der Waals surface area contributed by atoms with Gasteiger partial charge in [0.1, 0.15) is 0 Å². The molecule has 0 aliphatic heterocycles. The summed E-state index contributed by atoms with van der Waals surface area (Å²) in [6.45, 7) is 0. The van der Waals surface area contributed by atoms with E-state index >= 15 is 0 Å². The Balaban J connectivity index is 1.99. The molecule has 1 fully saturated rings. The van der Waals surface area contributed by atoms with E-state index in [-0.39, 0.29) is 5.56 Å². The van der Waals surface area contributed by atoms with Gasteiger partial charge in [-0.3, -0.25) is 0 Å². The van der Waals surface area contributed by atoms with Crippen molar-refractivity contribution in [2.45, 2.75) is 44.6 Å². The highest BCUT2D eigenvalue weighted by Crippen LogP contribution is 2.31. The molecule has 0 aromatic heterocycles. The van der Waals surface area contributed by atoms with Crippen LogP contribution in [-0.2, 0) is 0 Å². The van der Waals surface area contributed by atoms with Gasteiger partial charge >= 0.3 is 0 Å². The Morgan fingerprint density at radius 1 is 1.11 bits per heavy atom. The third-order valence-electron chi connectivity index (χ3n) is 3.83. The lowest BCUT2D eigenvalue weighted by atomic mass is 9.95. The molecule has 0 amide bonds. The summed E-state index contributed by atoms with van der Waals surface area (Å²) in [6, 6.07) is 1.62. The van der Waals surface area contributed by atoms with E-state index in [0.717, 1.165) is 12.5 Å². The van der Waals surface area contributed by atoms with Crippen molar-refractivity contribution in [2.75, 3.05) is 0 Å². The van der Waals surface area contributed by atoms with Crippen LogP contribution < -0.4 is 5.73 Å². The van der Waals surface area contributed by atoms with E-state index in [9.17, 15) is 13.2 Å². The van der Waals surface area contributed by atoms with Crippen LogP contribution in [0.3, 0.4) is 0 Å². The van der Waals surface area contributed by atoms with Crippen LogP contribution in [0.25, 0.3) is 0 Å². The third-order valence-corrected chi connectivity index (χ3v) is 3.83. The number of benzene rings is 1. The van der Waals surface area contributed by atoms with Crippen molar-refractivity contribution >= 4 is 0 Å². The topological polar surface area (TPSA) is 26.0 Å². The van der Waals surface area contributed by atoms with Gasteiger partial charge in [-0.05, 0) is 24.8 Å². The second-order valence-electron chi connectivity index (χ2n) is 5.10. The minimum atomic E-state index is -1.43. The van der Waals surface area contributed by atoms with Gasteiger partial charge in [0.2, 0.25) is 0 Å². The van der Waals surface area contributed by atoms with E-state index in [1.165, 1.54) is 31.7 Å². The van der Waals surface area contributed by atoms with Gasteiger partial charge in [0.15, 0.2) is 17.5 Å². The van der Waals surface area contributed by atoms with Crippen LogP contribution in [0.1, 0.15) is 50.1 Å². The standard InChI is InChI=1S/C14H18F3N/c15-11-7-6-10(13(16)14(11)17)12(18)8-5-9-3-1-2-4-9/h6-7,9,12H,1-5,8,18H2. The lowest BCUT2D eigenvalue weighted by Crippen LogP contribution is -2.14. The number of hydrogen-bond donors (Lipinski definition) is 1. The molecule has 2 rings (SSSR count). The van der Waals surface area contributed by atoms with Crippen LogP contribution in [0, 0.1) is 23.4 Å². The SMILES string of the molecule is NC(CCC1CCCC1)c1ccc(F)c(F)c1F. The maximum Gasteiger partial charge on any atom is 0.194 e. The molecule has 1 aromatic rings. The molecule has 1 saturated carbocycles. The average molecular weight is 257 g/mol. The first-order chi connectivity index (χ1) is 8.59. The molecule has 0 spiro atoms. The van der Waals surface area contributed by atoms with Crippen molar-refractivity contribution in [1.29, 1.82) is 0 Å².